The number of alkyl halides is 3. The molecule has 0 unspecified atom stereocenters. The highest BCUT2D eigenvalue weighted by Gasteiger charge is 2.31. The molecule has 3 nitrogen and oxygen atoms in total. The van der Waals surface area contributed by atoms with E-state index >= 15 is 0 Å². The molecular formula is C12H16F3NO2. The molecule has 0 saturated carbocycles. The quantitative estimate of drug-likeness (QED) is 0.886. The zero-order valence-corrected chi connectivity index (χ0v) is 10.5. The Hall–Kier alpha value is -1.43. The Bertz CT molecular complexity index is 374. The van der Waals surface area contributed by atoms with E-state index in [1.807, 2.05) is 13.8 Å². The molecule has 0 fully saturated rings. The van der Waals surface area contributed by atoms with E-state index in [4.69, 9.17) is 4.74 Å². The van der Waals surface area contributed by atoms with Gasteiger partial charge in [-0.25, -0.2) is 0 Å². The molecule has 6 heteroatoms. The van der Waals surface area contributed by atoms with E-state index in [1.54, 1.807) is 7.05 Å². The molecule has 102 valence electrons. The second-order valence-corrected chi connectivity index (χ2v) is 4.41. The lowest BCUT2D eigenvalue weighted by molar-refractivity contribution is -0.274. The van der Waals surface area contributed by atoms with Crippen molar-refractivity contribution in [3.63, 3.8) is 0 Å². The third-order valence-corrected chi connectivity index (χ3v) is 2.05. The van der Waals surface area contributed by atoms with E-state index in [0.29, 0.717) is 12.3 Å². The zero-order valence-electron chi connectivity index (χ0n) is 10.5. The van der Waals surface area contributed by atoms with Crippen molar-refractivity contribution in [2.24, 2.45) is 0 Å². The fraction of sp³-hybridized carbons (Fsp3) is 0.500. The molecule has 0 aromatic heterocycles. The van der Waals surface area contributed by atoms with Crippen molar-refractivity contribution in [2.75, 3.05) is 13.6 Å². The summed E-state index contributed by atoms with van der Waals surface area (Å²) in [6.07, 6.45) is -4.67. The van der Waals surface area contributed by atoms with Crippen LogP contribution in [0.1, 0.15) is 13.8 Å². The molecule has 1 aromatic rings. The SMILES string of the molecule is CNCC(C)(C)Oc1ccc(OC(F)(F)F)cc1. The predicted molar refractivity (Wildman–Crippen MR) is 61.8 cm³/mol. The Balaban J connectivity index is 2.66. The normalized spacial score (nSPS) is 12.3. The Kier molecular flexibility index (Phi) is 4.45. The summed E-state index contributed by atoms with van der Waals surface area (Å²) in [6.45, 7) is 4.38. The van der Waals surface area contributed by atoms with Gasteiger partial charge in [0.25, 0.3) is 0 Å². The van der Waals surface area contributed by atoms with E-state index < -0.39 is 12.0 Å². The Morgan fingerprint density at radius 2 is 1.44 bits per heavy atom. The fourth-order valence-electron chi connectivity index (χ4n) is 1.49. The monoisotopic (exact) mass is 263 g/mol. The molecule has 0 spiro atoms. The number of halogens is 3. The first kappa shape index (κ1) is 14.6. The van der Waals surface area contributed by atoms with E-state index in [9.17, 15) is 13.2 Å². The van der Waals surface area contributed by atoms with Crippen molar-refractivity contribution >= 4 is 0 Å². The maximum Gasteiger partial charge on any atom is 0.573 e. The summed E-state index contributed by atoms with van der Waals surface area (Å²) in [5.74, 6) is 0.228. The first-order chi connectivity index (χ1) is 8.22. The fourth-order valence-corrected chi connectivity index (χ4v) is 1.49. The number of rotatable bonds is 5. The molecule has 1 N–H and O–H groups in total. The molecule has 0 atom stereocenters. The van der Waals surface area contributed by atoms with Gasteiger partial charge in [0.05, 0.1) is 0 Å². The van der Waals surface area contributed by atoms with Crippen LogP contribution >= 0.6 is 0 Å². The molecule has 0 bridgehead atoms. The maximum absolute atomic E-state index is 12.0. The summed E-state index contributed by atoms with van der Waals surface area (Å²) in [5, 5.41) is 2.97. The average molecular weight is 263 g/mol. The van der Waals surface area contributed by atoms with Crippen molar-refractivity contribution in [1.82, 2.24) is 5.32 Å². The van der Waals surface area contributed by atoms with Gasteiger partial charge in [-0.1, -0.05) is 0 Å². The van der Waals surface area contributed by atoms with E-state index in [0.717, 1.165) is 0 Å². The van der Waals surface area contributed by atoms with E-state index in [1.165, 1.54) is 24.3 Å². The third-order valence-electron chi connectivity index (χ3n) is 2.05. The number of nitrogens with one attached hydrogen (secondary N) is 1. The minimum Gasteiger partial charge on any atom is -0.487 e. The molecule has 1 rings (SSSR count). The molecule has 0 amide bonds. The standard InChI is InChI=1S/C12H16F3NO2/c1-11(2,8-16-3)17-9-4-6-10(7-5-9)18-12(13,14)15/h4-7,16H,8H2,1-3H3. The maximum atomic E-state index is 12.0. The van der Waals surface area contributed by atoms with Crippen molar-refractivity contribution in [1.29, 1.82) is 0 Å². The van der Waals surface area contributed by atoms with Crippen LogP contribution in [0.5, 0.6) is 11.5 Å². The lowest BCUT2D eigenvalue weighted by Gasteiger charge is -2.26. The second-order valence-electron chi connectivity index (χ2n) is 4.41. The Morgan fingerprint density at radius 1 is 1.00 bits per heavy atom. The first-order valence-corrected chi connectivity index (χ1v) is 5.41. The average Bonchev–Trinajstić information content (AvgIpc) is 2.18. The molecule has 0 aliphatic carbocycles. The molecule has 0 radical (unpaired) electrons. The van der Waals surface area contributed by atoms with Gasteiger partial charge in [0.1, 0.15) is 17.1 Å². The summed E-state index contributed by atoms with van der Waals surface area (Å²) in [4.78, 5) is 0. The van der Waals surface area contributed by atoms with Gasteiger partial charge in [-0.2, -0.15) is 0 Å². The molecule has 1 aromatic carbocycles. The summed E-state index contributed by atoms with van der Waals surface area (Å²) in [5.41, 5.74) is -0.443. The summed E-state index contributed by atoms with van der Waals surface area (Å²) in [7, 11) is 1.80. The minimum atomic E-state index is -4.67. The van der Waals surface area contributed by atoms with Crippen molar-refractivity contribution < 1.29 is 22.6 Å². The van der Waals surface area contributed by atoms with Gasteiger partial charge in [-0.15, -0.1) is 13.2 Å². The zero-order chi connectivity index (χ0) is 13.8. The van der Waals surface area contributed by atoms with Crippen LogP contribution in [0.15, 0.2) is 24.3 Å². The Labute approximate surface area is 104 Å². The minimum absolute atomic E-state index is 0.263. The van der Waals surface area contributed by atoms with Gasteiger partial charge in [0.15, 0.2) is 0 Å². The van der Waals surface area contributed by atoms with Gasteiger partial charge < -0.3 is 14.8 Å². The van der Waals surface area contributed by atoms with Crippen molar-refractivity contribution in [2.45, 2.75) is 25.8 Å². The highest BCUT2D eigenvalue weighted by Crippen LogP contribution is 2.26. The van der Waals surface area contributed by atoms with Crippen LogP contribution in [0.2, 0.25) is 0 Å². The van der Waals surface area contributed by atoms with Crippen LogP contribution in [-0.2, 0) is 0 Å². The number of ether oxygens (including phenoxy) is 2. The predicted octanol–water partition coefficient (Wildman–Crippen LogP) is 2.96. The molecule has 18 heavy (non-hydrogen) atoms. The van der Waals surface area contributed by atoms with Gasteiger partial charge in [-0.05, 0) is 45.2 Å². The van der Waals surface area contributed by atoms with Crippen LogP contribution in [0.25, 0.3) is 0 Å². The van der Waals surface area contributed by atoms with Gasteiger partial charge in [0, 0.05) is 6.54 Å². The summed E-state index contributed by atoms with van der Waals surface area (Å²) < 4.78 is 45.2. The van der Waals surface area contributed by atoms with Crippen molar-refractivity contribution in [3.05, 3.63) is 24.3 Å². The van der Waals surface area contributed by atoms with Crippen LogP contribution in [0.3, 0.4) is 0 Å². The van der Waals surface area contributed by atoms with Crippen molar-refractivity contribution in [3.8, 4) is 11.5 Å². The first-order valence-electron chi connectivity index (χ1n) is 5.41. The number of benzene rings is 1. The highest BCUT2D eigenvalue weighted by molar-refractivity contribution is 5.31. The highest BCUT2D eigenvalue weighted by atomic mass is 19.4. The molecule has 0 aliphatic heterocycles. The third kappa shape index (κ3) is 5.27. The van der Waals surface area contributed by atoms with E-state index in [-0.39, 0.29) is 5.75 Å². The number of hydrogen-bond donors (Lipinski definition) is 1. The van der Waals surface area contributed by atoms with Crippen LogP contribution in [0, 0.1) is 0 Å². The largest absolute Gasteiger partial charge is 0.573 e. The summed E-state index contributed by atoms with van der Waals surface area (Å²) in [6, 6.07) is 5.33. The smallest absolute Gasteiger partial charge is 0.487 e. The Morgan fingerprint density at radius 3 is 1.83 bits per heavy atom. The second kappa shape index (κ2) is 5.48. The van der Waals surface area contributed by atoms with E-state index in [2.05, 4.69) is 10.1 Å². The molecule has 0 saturated heterocycles. The van der Waals surface area contributed by atoms with Gasteiger partial charge in [0.2, 0.25) is 0 Å². The van der Waals surface area contributed by atoms with Crippen LogP contribution < -0.4 is 14.8 Å². The number of hydrogen-bond acceptors (Lipinski definition) is 3. The lowest BCUT2D eigenvalue weighted by atomic mass is 10.1. The number of likely N-dealkylation sites (N-methyl/N-ethyl adjacent to an activating group) is 1. The van der Waals surface area contributed by atoms with Gasteiger partial charge >= 0.3 is 6.36 Å². The summed E-state index contributed by atoms with van der Waals surface area (Å²) >= 11 is 0. The lowest BCUT2D eigenvalue weighted by Crippen LogP contribution is -2.38. The van der Waals surface area contributed by atoms with Gasteiger partial charge in [-0.3, -0.25) is 0 Å². The van der Waals surface area contributed by atoms with Crippen LogP contribution in [-0.4, -0.2) is 25.6 Å². The topological polar surface area (TPSA) is 30.5 Å². The van der Waals surface area contributed by atoms with Crippen LogP contribution in [0.4, 0.5) is 13.2 Å². The molecule has 0 aliphatic rings. The molecular weight excluding hydrogens is 247 g/mol. The molecule has 0 heterocycles.